The Labute approximate surface area is 253 Å². The molecule has 212 valence electrons. The fourth-order valence-electron chi connectivity index (χ4n) is 5.28. The number of fused-ring (bicyclic) bond motifs is 2. The van der Waals surface area contributed by atoms with Crippen molar-refractivity contribution in [2.24, 2.45) is 0 Å². The number of esters is 1. The minimum atomic E-state index is -0.989. The molecule has 0 fully saturated rings. The third-order valence-corrected chi connectivity index (χ3v) is 8.46. The Balaban J connectivity index is 1.23. The van der Waals surface area contributed by atoms with Gasteiger partial charge in [-0.25, -0.2) is 9.78 Å². The van der Waals surface area contributed by atoms with Crippen molar-refractivity contribution in [3.05, 3.63) is 112 Å². The maximum absolute atomic E-state index is 13.9. The SMILES string of the molecule is CCC(OC(=O)c1c2c(nc3ccccc13)CCN(Cc1ccccc1)C2)C(=O)Nc1nc(-c2ccccc2Cl)cs1. The molecule has 1 amide bonds. The Morgan fingerprint density at radius 2 is 1.79 bits per heavy atom. The third-order valence-electron chi connectivity index (χ3n) is 7.38. The zero-order chi connectivity index (χ0) is 29.1. The van der Waals surface area contributed by atoms with Crippen LogP contribution in [0.1, 0.15) is 40.5 Å². The lowest BCUT2D eigenvalue weighted by Crippen LogP contribution is -2.34. The summed E-state index contributed by atoms with van der Waals surface area (Å²) < 4.78 is 5.92. The van der Waals surface area contributed by atoms with Crippen molar-refractivity contribution in [2.75, 3.05) is 11.9 Å². The first-order valence-corrected chi connectivity index (χ1v) is 15.1. The summed E-state index contributed by atoms with van der Waals surface area (Å²) in [5.74, 6) is -0.951. The number of nitrogens with zero attached hydrogens (tertiary/aromatic N) is 3. The van der Waals surface area contributed by atoms with Crippen LogP contribution in [-0.2, 0) is 29.0 Å². The van der Waals surface area contributed by atoms with Crippen LogP contribution in [0, 0.1) is 0 Å². The van der Waals surface area contributed by atoms with Crippen LogP contribution in [0.2, 0.25) is 5.02 Å². The van der Waals surface area contributed by atoms with Crippen molar-refractivity contribution in [1.82, 2.24) is 14.9 Å². The number of carbonyl (C=O) groups excluding carboxylic acids is 2. The Bertz CT molecular complexity index is 1760. The van der Waals surface area contributed by atoms with Gasteiger partial charge < -0.3 is 4.74 Å². The van der Waals surface area contributed by atoms with E-state index >= 15 is 0 Å². The Kier molecular flexibility index (Phi) is 8.28. The van der Waals surface area contributed by atoms with E-state index in [1.165, 1.54) is 16.9 Å². The molecule has 1 atom stereocenters. The number of anilines is 1. The monoisotopic (exact) mass is 596 g/mol. The summed E-state index contributed by atoms with van der Waals surface area (Å²) in [7, 11) is 0. The first-order chi connectivity index (χ1) is 20.5. The lowest BCUT2D eigenvalue weighted by Gasteiger charge is -2.30. The highest BCUT2D eigenvalue weighted by atomic mass is 35.5. The number of thiazole rings is 1. The summed E-state index contributed by atoms with van der Waals surface area (Å²) in [5.41, 5.74) is 5.65. The molecule has 1 N–H and O–H groups in total. The van der Waals surface area contributed by atoms with Gasteiger partial charge in [-0.3, -0.25) is 20.0 Å². The third kappa shape index (κ3) is 5.92. The second-order valence-corrected chi connectivity index (χ2v) is 11.4. The molecular formula is C33H29ClN4O3S. The molecule has 3 aromatic carbocycles. The van der Waals surface area contributed by atoms with E-state index in [9.17, 15) is 9.59 Å². The molecule has 0 spiro atoms. The van der Waals surface area contributed by atoms with Gasteiger partial charge in [0.15, 0.2) is 11.2 Å². The van der Waals surface area contributed by atoms with E-state index in [1.807, 2.05) is 73.0 Å². The van der Waals surface area contributed by atoms with E-state index in [0.29, 0.717) is 34.4 Å². The smallest absolute Gasteiger partial charge is 0.340 e. The molecular weight excluding hydrogens is 568 g/mol. The number of pyridine rings is 1. The fourth-order valence-corrected chi connectivity index (χ4v) is 6.22. The number of nitrogens with one attached hydrogen (secondary N) is 1. The first kappa shape index (κ1) is 28.0. The van der Waals surface area contributed by atoms with Crippen LogP contribution in [0.5, 0.6) is 0 Å². The van der Waals surface area contributed by atoms with Gasteiger partial charge in [0.05, 0.1) is 16.8 Å². The van der Waals surface area contributed by atoms with Gasteiger partial charge in [0.1, 0.15) is 0 Å². The van der Waals surface area contributed by atoms with Crippen molar-refractivity contribution in [2.45, 2.75) is 39.0 Å². The second-order valence-electron chi connectivity index (χ2n) is 10.2. The fraction of sp³-hybridized carbons (Fsp3) is 0.212. The number of benzene rings is 3. The minimum absolute atomic E-state index is 0.311. The highest BCUT2D eigenvalue weighted by molar-refractivity contribution is 7.14. The number of ether oxygens (including phenoxy) is 1. The van der Waals surface area contributed by atoms with Gasteiger partial charge in [-0.05, 0) is 24.1 Å². The van der Waals surface area contributed by atoms with Gasteiger partial charge in [-0.1, -0.05) is 85.3 Å². The van der Waals surface area contributed by atoms with E-state index < -0.39 is 18.0 Å². The predicted octanol–water partition coefficient (Wildman–Crippen LogP) is 7.14. The highest BCUT2D eigenvalue weighted by Crippen LogP contribution is 2.32. The quantitative estimate of drug-likeness (QED) is 0.192. The Morgan fingerprint density at radius 3 is 2.60 bits per heavy atom. The molecule has 0 radical (unpaired) electrons. The summed E-state index contributed by atoms with van der Waals surface area (Å²) in [6.45, 7) is 3.99. The van der Waals surface area contributed by atoms with Crippen molar-refractivity contribution < 1.29 is 14.3 Å². The number of halogens is 1. The summed E-state index contributed by atoms with van der Waals surface area (Å²) in [4.78, 5) is 38.9. The molecule has 1 aliphatic heterocycles. The summed E-state index contributed by atoms with van der Waals surface area (Å²) in [6.07, 6.45) is 0.0470. The van der Waals surface area contributed by atoms with Crippen LogP contribution in [0.15, 0.2) is 84.2 Å². The normalized spacial score (nSPS) is 13.9. The molecule has 0 saturated heterocycles. The van der Waals surface area contributed by atoms with Crippen LogP contribution >= 0.6 is 22.9 Å². The zero-order valence-electron chi connectivity index (χ0n) is 23.0. The maximum atomic E-state index is 13.9. The Hall–Kier alpha value is -4.11. The zero-order valence-corrected chi connectivity index (χ0v) is 24.6. The van der Waals surface area contributed by atoms with Crippen molar-refractivity contribution in [3.63, 3.8) is 0 Å². The van der Waals surface area contributed by atoms with Crippen molar-refractivity contribution >= 4 is 50.8 Å². The average molecular weight is 597 g/mol. The lowest BCUT2D eigenvalue weighted by molar-refractivity contribution is -0.124. The lowest BCUT2D eigenvalue weighted by atomic mass is 9.95. The molecule has 5 aromatic rings. The topological polar surface area (TPSA) is 84.4 Å². The van der Waals surface area contributed by atoms with E-state index in [0.717, 1.165) is 47.2 Å². The molecule has 42 heavy (non-hydrogen) atoms. The standard InChI is InChI=1S/C33H29ClN4O3S/c1-2-29(31(39)37-33-36-28(20-42-33)22-12-6-8-14-25(22)34)41-32(40)30-23-13-7-9-15-26(23)35-27-16-17-38(19-24(27)30)18-21-10-4-3-5-11-21/h3-15,20,29H,2,16-19H2,1H3,(H,36,37,39). The van der Waals surface area contributed by atoms with Gasteiger partial charge in [-0.15, -0.1) is 11.3 Å². The molecule has 0 saturated carbocycles. The van der Waals surface area contributed by atoms with E-state index in [2.05, 4.69) is 27.3 Å². The van der Waals surface area contributed by atoms with Crippen LogP contribution in [-0.4, -0.2) is 39.4 Å². The van der Waals surface area contributed by atoms with Gasteiger partial charge in [0, 0.05) is 58.7 Å². The molecule has 6 rings (SSSR count). The van der Waals surface area contributed by atoms with Gasteiger partial charge in [0.25, 0.3) is 5.91 Å². The first-order valence-electron chi connectivity index (χ1n) is 13.9. The Morgan fingerprint density at radius 1 is 1.02 bits per heavy atom. The second kappa shape index (κ2) is 12.4. The minimum Gasteiger partial charge on any atom is -0.449 e. The molecule has 0 aliphatic carbocycles. The number of amides is 1. The van der Waals surface area contributed by atoms with Crippen LogP contribution in [0.25, 0.3) is 22.2 Å². The molecule has 9 heteroatoms. The molecule has 1 unspecified atom stereocenters. The molecule has 3 heterocycles. The summed E-state index contributed by atoms with van der Waals surface area (Å²) in [5, 5.41) is 6.37. The van der Waals surface area contributed by atoms with Crippen molar-refractivity contribution in [3.8, 4) is 11.3 Å². The summed E-state index contributed by atoms with van der Waals surface area (Å²) >= 11 is 7.61. The highest BCUT2D eigenvalue weighted by Gasteiger charge is 2.30. The van der Waals surface area contributed by atoms with Crippen molar-refractivity contribution in [1.29, 1.82) is 0 Å². The number of rotatable bonds is 8. The number of carbonyl (C=O) groups is 2. The van der Waals surface area contributed by atoms with Crippen LogP contribution in [0.4, 0.5) is 5.13 Å². The van der Waals surface area contributed by atoms with E-state index in [-0.39, 0.29) is 0 Å². The largest absolute Gasteiger partial charge is 0.449 e. The van der Waals surface area contributed by atoms with Crippen LogP contribution in [0.3, 0.4) is 0 Å². The number of hydrogen-bond donors (Lipinski definition) is 1. The van der Waals surface area contributed by atoms with Gasteiger partial charge in [0.2, 0.25) is 0 Å². The molecule has 2 aromatic heterocycles. The number of para-hydroxylation sites is 1. The molecule has 7 nitrogen and oxygen atoms in total. The van der Waals surface area contributed by atoms with Gasteiger partial charge >= 0.3 is 5.97 Å². The van der Waals surface area contributed by atoms with Crippen LogP contribution < -0.4 is 5.32 Å². The van der Waals surface area contributed by atoms with E-state index in [4.69, 9.17) is 21.3 Å². The molecule has 1 aliphatic rings. The van der Waals surface area contributed by atoms with E-state index in [1.54, 1.807) is 6.07 Å². The maximum Gasteiger partial charge on any atom is 0.340 e. The molecule has 0 bridgehead atoms. The predicted molar refractivity (Wildman–Crippen MR) is 167 cm³/mol. The summed E-state index contributed by atoms with van der Waals surface area (Å²) in [6, 6.07) is 25.3. The number of aromatic nitrogens is 2. The number of hydrogen-bond acceptors (Lipinski definition) is 7. The van der Waals surface area contributed by atoms with Gasteiger partial charge in [-0.2, -0.15) is 0 Å². The average Bonchev–Trinajstić information content (AvgIpc) is 3.47.